The second-order valence-electron chi connectivity index (χ2n) is 5.59. The molecule has 3 nitrogen and oxygen atoms in total. The average Bonchev–Trinajstić information content (AvgIpc) is 2.97. The fourth-order valence-electron chi connectivity index (χ4n) is 2.78. The molecule has 2 aromatic carbocycles. The predicted molar refractivity (Wildman–Crippen MR) is 86.9 cm³/mol. The number of carbonyl (C=O) groups is 1. The van der Waals surface area contributed by atoms with Gasteiger partial charge in [-0.1, -0.05) is 29.8 Å². The molecular formula is C18H20N2O. The molecule has 0 unspecified atom stereocenters. The first-order chi connectivity index (χ1) is 10.1. The summed E-state index contributed by atoms with van der Waals surface area (Å²) in [6.07, 6.45) is 1.46. The minimum absolute atomic E-state index is 0.124. The summed E-state index contributed by atoms with van der Waals surface area (Å²) < 4.78 is 0. The summed E-state index contributed by atoms with van der Waals surface area (Å²) in [7, 11) is 1.84. The minimum atomic E-state index is 0.124. The molecule has 1 aliphatic heterocycles. The number of aryl methyl sites for hydroxylation is 1. The Bertz CT molecular complexity index is 661. The first-order valence-corrected chi connectivity index (χ1v) is 7.33. The zero-order chi connectivity index (χ0) is 14.8. The van der Waals surface area contributed by atoms with Crippen LogP contribution in [0.25, 0.3) is 0 Å². The molecule has 0 atom stereocenters. The van der Waals surface area contributed by atoms with Gasteiger partial charge in [0.05, 0.1) is 6.42 Å². The van der Waals surface area contributed by atoms with E-state index < -0.39 is 0 Å². The first kappa shape index (κ1) is 13.7. The number of likely N-dealkylation sites (N-methyl/N-ethyl adjacent to an activating group) is 1. The number of hydrogen-bond donors (Lipinski definition) is 1. The van der Waals surface area contributed by atoms with Gasteiger partial charge in [0, 0.05) is 25.0 Å². The monoisotopic (exact) mass is 280 g/mol. The normalized spacial score (nSPS) is 12.7. The van der Waals surface area contributed by atoms with Gasteiger partial charge in [-0.2, -0.15) is 0 Å². The molecule has 1 amide bonds. The van der Waals surface area contributed by atoms with Crippen LogP contribution in [0, 0.1) is 6.92 Å². The van der Waals surface area contributed by atoms with Gasteiger partial charge in [-0.3, -0.25) is 4.79 Å². The lowest BCUT2D eigenvalue weighted by atomic mass is 10.0. The van der Waals surface area contributed by atoms with Crippen LogP contribution in [0.15, 0.2) is 42.5 Å². The molecule has 2 aromatic rings. The predicted octanol–water partition coefficient (Wildman–Crippen LogP) is 3.17. The van der Waals surface area contributed by atoms with Gasteiger partial charge in [0.15, 0.2) is 0 Å². The number of anilines is 2. The number of fused-ring (bicyclic) bond motifs is 1. The van der Waals surface area contributed by atoms with Gasteiger partial charge in [-0.25, -0.2) is 0 Å². The van der Waals surface area contributed by atoms with Crippen molar-refractivity contribution in [3.8, 4) is 0 Å². The van der Waals surface area contributed by atoms with E-state index in [2.05, 4.69) is 17.4 Å². The number of nitrogens with zero attached hydrogens (tertiary/aromatic N) is 1. The number of amides is 1. The maximum absolute atomic E-state index is 12.5. The van der Waals surface area contributed by atoms with E-state index in [1.54, 1.807) is 4.90 Å². The van der Waals surface area contributed by atoms with E-state index in [1.165, 1.54) is 16.8 Å². The lowest BCUT2D eigenvalue weighted by Crippen LogP contribution is -2.28. The third-order valence-corrected chi connectivity index (χ3v) is 4.10. The smallest absolute Gasteiger partial charge is 0.231 e. The van der Waals surface area contributed by atoms with E-state index in [0.717, 1.165) is 24.2 Å². The topological polar surface area (TPSA) is 32.3 Å². The lowest BCUT2D eigenvalue weighted by Gasteiger charge is -2.18. The molecule has 3 rings (SSSR count). The first-order valence-electron chi connectivity index (χ1n) is 7.33. The average molecular weight is 280 g/mol. The van der Waals surface area contributed by atoms with Crippen molar-refractivity contribution >= 4 is 17.3 Å². The molecule has 0 bridgehead atoms. The van der Waals surface area contributed by atoms with Crippen molar-refractivity contribution in [2.24, 2.45) is 0 Å². The Hall–Kier alpha value is -2.29. The Morgan fingerprint density at radius 2 is 1.95 bits per heavy atom. The molecule has 1 N–H and O–H groups in total. The quantitative estimate of drug-likeness (QED) is 0.936. The van der Waals surface area contributed by atoms with Crippen molar-refractivity contribution in [1.29, 1.82) is 0 Å². The highest BCUT2D eigenvalue weighted by atomic mass is 16.2. The molecular weight excluding hydrogens is 260 g/mol. The summed E-state index contributed by atoms with van der Waals surface area (Å²) >= 11 is 0. The number of rotatable bonds is 3. The Labute approximate surface area is 125 Å². The molecule has 0 radical (unpaired) electrons. The molecule has 108 valence electrons. The van der Waals surface area contributed by atoms with Crippen LogP contribution in [0.2, 0.25) is 0 Å². The van der Waals surface area contributed by atoms with Crippen molar-refractivity contribution < 1.29 is 4.79 Å². The number of benzene rings is 2. The van der Waals surface area contributed by atoms with Crippen LogP contribution < -0.4 is 10.2 Å². The van der Waals surface area contributed by atoms with Crippen LogP contribution >= 0.6 is 0 Å². The van der Waals surface area contributed by atoms with Crippen LogP contribution in [0.4, 0.5) is 11.4 Å². The maximum Gasteiger partial charge on any atom is 0.231 e. The fraction of sp³-hybridized carbons (Fsp3) is 0.278. The van der Waals surface area contributed by atoms with E-state index in [-0.39, 0.29) is 5.91 Å². The SMILES string of the molecule is Cc1ccc(N(C)C(=O)Cc2cccc3c2CCN3)cc1. The summed E-state index contributed by atoms with van der Waals surface area (Å²) in [5.74, 6) is 0.124. The van der Waals surface area contributed by atoms with Gasteiger partial charge in [0.25, 0.3) is 0 Å². The molecule has 3 heteroatoms. The molecule has 0 fully saturated rings. The zero-order valence-electron chi connectivity index (χ0n) is 12.5. The van der Waals surface area contributed by atoms with Crippen LogP contribution in [0.3, 0.4) is 0 Å². The van der Waals surface area contributed by atoms with Crippen molar-refractivity contribution in [2.75, 3.05) is 23.8 Å². The molecule has 1 aliphatic rings. The summed E-state index contributed by atoms with van der Waals surface area (Å²) in [4.78, 5) is 14.2. The highest BCUT2D eigenvalue weighted by Crippen LogP contribution is 2.26. The molecule has 0 spiro atoms. The van der Waals surface area contributed by atoms with E-state index in [9.17, 15) is 4.79 Å². The summed E-state index contributed by atoms with van der Waals surface area (Å²) in [6, 6.07) is 14.2. The summed E-state index contributed by atoms with van der Waals surface area (Å²) in [6.45, 7) is 3.01. The van der Waals surface area contributed by atoms with Crippen LogP contribution in [0.5, 0.6) is 0 Å². The van der Waals surface area contributed by atoms with Gasteiger partial charge in [-0.05, 0) is 42.7 Å². The minimum Gasteiger partial charge on any atom is -0.384 e. The van der Waals surface area contributed by atoms with E-state index >= 15 is 0 Å². The summed E-state index contributed by atoms with van der Waals surface area (Å²) in [5.41, 5.74) is 5.76. The van der Waals surface area contributed by atoms with Gasteiger partial charge in [0.2, 0.25) is 5.91 Å². The van der Waals surface area contributed by atoms with Gasteiger partial charge >= 0.3 is 0 Å². The Balaban J connectivity index is 1.77. The van der Waals surface area contributed by atoms with Gasteiger partial charge in [0.1, 0.15) is 0 Å². The molecule has 0 saturated heterocycles. The molecule has 1 heterocycles. The highest BCUT2D eigenvalue weighted by molar-refractivity contribution is 5.94. The van der Waals surface area contributed by atoms with Crippen molar-refractivity contribution in [2.45, 2.75) is 19.8 Å². The second-order valence-corrected chi connectivity index (χ2v) is 5.59. The van der Waals surface area contributed by atoms with E-state index in [4.69, 9.17) is 0 Å². The van der Waals surface area contributed by atoms with E-state index in [1.807, 2.05) is 44.3 Å². The molecule has 0 aliphatic carbocycles. The molecule has 0 saturated carbocycles. The number of hydrogen-bond acceptors (Lipinski definition) is 2. The van der Waals surface area contributed by atoms with Gasteiger partial charge in [-0.15, -0.1) is 0 Å². The summed E-state index contributed by atoms with van der Waals surface area (Å²) in [5, 5.41) is 3.36. The Morgan fingerprint density at radius 3 is 2.71 bits per heavy atom. The Kier molecular flexibility index (Phi) is 3.65. The van der Waals surface area contributed by atoms with Crippen LogP contribution in [-0.4, -0.2) is 19.5 Å². The van der Waals surface area contributed by atoms with Crippen molar-refractivity contribution in [3.63, 3.8) is 0 Å². The Morgan fingerprint density at radius 1 is 1.19 bits per heavy atom. The largest absolute Gasteiger partial charge is 0.384 e. The third kappa shape index (κ3) is 2.77. The van der Waals surface area contributed by atoms with Crippen LogP contribution in [0.1, 0.15) is 16.7 Å². The maximum atomic E-state index is 12.5. The van der Waals surface area contributed by atoms with E-state index in [0.29, 0.717) is 6.42 Å². The second kappa shape index (κ2) is 5.60. The number of nitrogens with one attached hydrogen (secondary N) is 1. The zero-order valence-corrected chi connectivity index (χ0v) is 12.5. The standard InChI is InChI=1S/C18H20N2O/c1-13-6-8-15(9-7-13)20(2)18(21)12-14-4-3-5-17-16(14)10-11-19-17/h3-9,19H,10-12H2,1-2H3. The molecule has 21 heavy (non-hydrogen) atoms. The number of carbonyl (C=O) groups excluding carboxylic acids is 1. The third-order valence-electron chi connectivity index (χ3n) is 4.10. The van der Waals surface area contributed by atoms with Gasteiger partial charge < -0.3 is 10.2 Å². The fourth-order valence-corrected chi connectivity index (χ4v) is 2.78. The van der Waals surface area contributed by atoms with Crippen molar-refractivity contribution in [1.82, 2.24) is 0 Å². The lowest BCUT2D eigenvalue weighted by molar-refractivity contribution is -0.117. The highest BCUT2D eigenvalue weighted by Gasteiger charge is 2.18. The molecule has 0 aromatic heterocycles. The van der Waals surface area contributed by atoms with Crippen molar-refractivity contribution in [3.05, 3.63) is 59.2 Å². The van der Waals surface area contributed by atoms with Crippen LogP contribution in [-0.2, 0) is 17.6 Å².